The Bertz CT molecular complexity index is 325. The van der Waals surface area contributed by atoms with Crippen LogP contribution in [-0.4, -0.2) is 55.2 Å². The molecule has 1 aliphatic heterocycles. The van der Waals surface area contributed by atoms with E-state index in [0.29, 0.717) is 12.1 Å². The van der Waals surface area contributed by atoms with Crippen LogP contribution in [0.1, 0.15) is 32.6 Å². The van der Waals surface area contributed by atoms with Crippen LogP contribution < -0.4 is 10.6 Å². The fourth-order valence-corrected chi connectivity index (χ4v) is 2.48. The highest BCUT2D eigenvalue weighted by Gasteiger charge is 2.32. The van der Waals surface area contributed by atoms with Crippen molar-refractivity contribution in [1.82, 2.24) is 15.5 Å². The van der Waals surface area contributed by atoms with Crippen LogP contribution in [0.4, 0.5) is 4.79 Å². The van der Waals surface area contributed by atoms with Crippen LogP contribution >= 0.6 is 0 Å². The number of rotatable bonds is 6. The summed E-state index contributed by atoms with van der Waals surface area (Å²) in [5, 5.41) is 5.70. The quantitative estimate of drug-likeness (QED) is 0.734. The van der Waals surface area contributed by atoms with Crippen LogP contribution in [0, 0.1) is 0 Å². The van der Waals surface area contributed by atoms with Crippen LogP contribution in [0.5, 0.6) is 0 Å². The van der Waals surface area contributed by atoms with Gasteiger partial charge in [0.15, 0.2) is 0 Å². The summed E-state index contributed by atoms with van der Waals surface area (Å²) >= 11 is 0. The van der Waals surface area contributed by atoms with Gasteiger partial charge in [-0.05, 0) is 39.2 Å². The van der Waals surface area contributed by atoms with Gasteiger partial charge < -0.3 is 10.1 Å². The fourth-order valence-electron chi connectivity index (χ4n) is 2.48. The molecule has 19 heavy (non-hydrogen) atoms. The Morgan fingerprint density at radius 3 is 2.74 bits per heavy atom. The van der Waals surface area contributed by atoms with Crippen molar-refractivity contribution < 1.29 is 14.3 Å². The molecule has 2 aliphatic rings. The number of nitrogens with zero attached hydrogens (tertiary/aromatic N) is 1. The van der Waals surface area contributed by atoms with E-state index in [0.717, 1.165) is 25.9 Å². The maximum absolute atomic E-state index is 11.8. The molecule has 2 fully saturated rings. The molecule has 6 heteroatoms. The highest BCUT2D eigenvalue weighted by atomic mass is 16.5. The number of alkyl carbamates (subject to hydrolysis) is 1. The molecule has 0 radical (unpaired) electrons. The zero-order chi connectivity index (χ0) is 13.7. The third-order valence-electron chi connectivity index (χ3n) is 3.54. The van der Waals surface area contributed by atoms with E-state index in [-0.39, 0.29) is 19.1 Å². The van der Waals surface area contributed by atoms with Crippen molar-refractivity contribution in [2.45, 2.75) is 44.7 Å². The maximum atomic E-state index is 11.8. The standard InChI is InChI=1S/C13H23N3O3/c1-2-19-13(18)15-12(17)9-16(11-5-6-11)8-10-4-3-7-14-10/h10-11,14H,2-9H2,1H3,(H,15,17,18). The normalized spacial score (nSPS) is 22.5. The van der Waals surface area contributed by atoms with Gasteiger partial charge in [0.05, 0.1) is 13.2 Å². The lowest BCUT2D eigenvalue weighted by Crippen LogP contribution is -2.45. The highest BCUT2D eigenvalue weighted by Crippen LogP contribution is 2.27. The van der Waals surface area contributed by atoms with Crippen LogP contribution in [0.2, 0.25) is 0 Å². The summed E-state index contributed by atoms with van der Waals surface area (Å²) < 4.78 is 4.70. The molecule has 0 spiro atoms. The molecule has 2 rings (SSSR count). The first-order valence-corrected chi connectivity index (χ1v) is 7.13. The summed E-state index contributed by atoms with van der Waals surface area (Å²) in [6.45, 7) is 4.23. The molecule has 0 aromatic rings. The molecule has 1 aliphatic carbocycles. The van der Waals surface area contributed by atoms with Gasteiger partial charge in [-0.15, -0.1) is 0 Å². The minimum atomic E-state index is -0.651. The Morgan fingerprint density at radius 1 is 1.37 bits per heavy atom. The zero-order valence-corrected chi connectivity index (χ0v) is 11.5. The summed E-state index contributed by atoms with van der Waals surface area (Å²) in [7, 11) is 0. The third kappa shape index (κ3) is 4.80. The van der Waals surface area contributed by atoms with Crippen LogP contribution in [0.3, 0.4) is 0 Å². The lowest BCUT2D eigenvalue weighted by Gasteiger charge is -2.24. The lowest BCUT2D eigenvalue weighted by atomic mass is 10.2. The van der Waals surface area contributed by atoms with Crippen molar-refractivity contribution in [3.05, 3.63) is 0 Å². The Hall–Kier alpha value is -1.14. The van der Waals surface area contributed by atoms with Gasteiger partial charge >= 0.3 is 6.09 Å². The average Bonchev–Trinajstić information content (AvgIpc) is 3.08. The monoisotopic (exact) mass is 269 g/mol. The first-order valence-electron chi connectivity index (χ1n) is 7.13. The third-order valence-corrected chi connectivity index (χ3v) is 3.54. The molecule has 2 amide bonds. The van der Waals surface area contributed by atoms with Crippen LogP contribution in [0.25, 0.3) is 0 Å². The smallest absolute Gasteiger partial charge is 0.413 e. The number of hydrogen-bond acceptors (Lipinski definition) is 5. The lowest BCUT2D eigenvalue weighted by molar-refractivity contribution is -0.121. The second-order valence-electron chi connectivity index (χ2n) is 5.22. The SMILES string of the molecule is CCOC(=O)NC(=O)CN(CC1CCCN1)C1CC1. The summed E-state index contributed by atoms with van der Waals surface area (Å²) in [6, 6.07) is 0.992. The summed E-state index contributed by atoms with van der Waals surface area (Å²) in [6.07, 6.45) is 4.03. The van der Waals surface area contributed by atoms with Gasteiger partial charge in [0.1, 0.15) is 0 Å². The minimum Gasteiger partial charge on any atom is -0.450 e. The molecule has 0 aromatic heterocycles. The molecular weight excluding hydrogens is 246 g/mol. The van der Waals surface area contributed by atoms with E-state index >= 15 is 0 Å². The maximum Gasteiger partial charge on any atom is 0.413 e. The molecule has 0 bridgehead atoms. The number of amides is 2. The Morgan fingerprint density at radius 2 is 2.16 bits per heavy atom. The predicted molar refractivity (Wildman–Crippen MR) is 70.8 cm³/mol. The summed E-state index contributed by atoms with van der Waals surface area (Å²) in [4.78, 5) is 25.1. The van der Waals surface area contributed by atoms with Gasteiger partial charge in [-0.2, -0.15) is 0 Å². The minimum absolute atomic E-state index is 0.275. The van der Waals surface area contributed by atoms with Crippen molar-refractivity contribution in [2.24, 2.45) is 0 Å². The second-order valence-corrected chi connectivity index (χ2v) is 5.22. The largest absolute Gasteiger partial charge is 0.450 e. The number of nitrogens with one attached hydrogen (secondary N) is 2. The van der Waals surface area contributed by atoms with Crippen LogP contribution in [0.15, 0.2) is 0 Å². The molecule has 1 atom stereocenters. The first kappa shape index (κ1) is 14.3. The average molecular weight is 269 g/mol. The van der Waals surface area contributed by atoms with Crippen molar-refractivity contribution in [2.75, 3.05) is 26.2 Å². The number of imide groups is 1. The van der Waals surface area contributed by atoms with Gasteiger partial charge in [0.25, 0.3) is 0 Å². The van der Waals surface area contributed by atoms with Crippen LogP contribution in [-0.2, 0) is 9.53 Å². The van der Waals surface area contributed by atoms with E-state index in [1.807, 2.05) is 0 Å². The molecule has 1 saturated heterocycles. The Kier molecular flexibility index (Phi) is 5.15. The summed E-state index contributed by atoms with van der Waals surface area (Å²) in [5.41, 5.74) is 0. The van der Waals surface area contributed by atoms with E-state index in [1.54, 1.807) is 6.92 Å². The van der Waals surface area contributed by atoms with Gasteiger partial charge in [-0.25, -0.2) is 4.79 Å². The topological polar surface area (TPSA) is 70.7 Å². The first-order chi connectivity index (χ1) is 9.19. The molecule has 1 saturated carbocycles. The number of carbonyl (C=O) groups is 2. The molecule has 6 nitrogen and oxygen atoms in total. The van der Waals surface area contributed by atoms with E-state index in [1.165, 1.54) is 12.8 Å². The van der Waals surface area contributed by atoms with E-state index < -0.39 is 6.09 Å². The zero-order valence-electron chi connectivity index (χ0n) is 11.5. The van der Waals surface area contributed by atoms with Crippen molar-refractivity contribution in [3.8, 4) is 0 Å². The molecule has 1 heterocycles. The highest BCUT2D eigenvalue weighted by molar-refractivity contribution is 5.92. The Labute approximate surface area is 113 Å². The molecule has 108 valence electrons. The van der Waals surface area contributed by atoms with Gasteiger partial charge in [-0.1, -0.05) is 0 Å². The van der Waals surface area contributed by atoms with Gasteiger partial charge in [0.2, 0.25) is 5.91 Å². The van der Waals surface area contributed by atoms with E-state index in [4.69, 9.17) is 4.74 Å². The van der Waals surface area contributed by atoms with Crippen molar-refractivity contribution in [3.63, 3.8) is 0 Å². The van der Waals surface area contributed by atoms with Crippen molar-refractivity contribution >= 4 is 12.0 Å². The summed E-state index contributed by atoms with van der Waals surface area (Å²) in [5.74, 6) is -0.275. The Balaban J connectivity index is 1.75. The van der Waals surface area contributed by atoms with E-state index in [2.05, 4.69) is 15.5 Å². The fraction of sp³-hybridized carbons (Fsp3) is 0.846. The van der Waals surface area contributed by atoms with Gasteiger partial charge in [-0.3, -0.25) is 15.0 Å². The molecule has 0 aromatic carbocycles. The molecule has 2 N–H and O–H groups in total. The molecular formula is C13H23N3O3. The van der Waals surface area contributed by atoms with E-state index in [9.17, 15) is 9.59 Å². The predicted octanol–water partition coefficient (Wildman–Crippen LogP) is 0.476. The molecule has 1 unspecified atom stereocenters. The number of ether oxygens (including phenoxy) is 1. The number of hydrogen-bond donors (Lipinski definition) is 2. The number of carbonyl (C=O) groups excluding carboxylic acids is 2. The second kappa shape index (κ2) is 6.86. The van der Waals surface area contributed by atoms with Gasteiger partial charge in [0, 0.05) is 18.6 Å². The van der Waals surface area contributed by atoms with Crippen molar-refractivity contribution in [1.29, 1.82) is 0 Å².